The number of nitrogen functional groups attached to an aromatic ring is 1. The number of hydrogen-bond donors (Lipinski definition) is 3. The van der Waals surface area contributed by atoms with Crippen molar-refractivity contribution in [1.82, 2.24) is 0 Å². The number of carbonyl (C=O) groups is 2. The fourth-order valence-corrected chi connectivity index (χ4v) is 2.49. The number of carboxylic acid groups (broad SMARTS) is 1. The van der Waals surface area contributed by atoms with E-state index >= 15 is 0 Å². The molecule has 5 nitrogen and oxygen atoms in total. The third kappa shape index (κ3) is 9.74. The van der Waals surface area contributed by atoms with Gasteiger partial charge in [0.25, 0.3) is 0 Å². The van der Waals surface area contributed by atoms with Crippen LogP contribution >= 0.6 is 11.8 Å². The number of benzene rings is 1. The van der Waals surface area contributed by atoms with Crippen LogP contribution in [-0.2, 0) is 9.59 Å². The molecule has 7 heteroatoms. The van der Waals surface area contributed by atoms with Gasteiger partial charge in [0.2, 0.25) is 5.91 Å². The fourth-order valence-electron chi connectivity index (χ4n) is 1.58. The number of anilines is 1. The number of primary amides is 1. The van der Waals surface area contributed by atoms with E-state index in [1.807, 2.05) is 20.8 Å². The van der Waals surface area contributed by atoms with E-state index in [0.29, 0.717) is 22.8 Å². The SMILES string of the molecule is C#Cc1cc(N)c(SCCC(=O)O)cc1F.CC(C)(C)CC(N)=O. The van der Waals surface area contributed by atoms with Crippen molar-refractivity contribution in [2.45, 2.75) is 38.5 Å². The number of aliphatic carboxylic acids is 1. The lowest BCUT2D eigenvalue weighted by Crippen LogP contribution is -2.19. The topological polar surface area (TPSA) is 106 Å². The molecule has 0 fully saturated rings. The van der Waals surface area contributed by atoms with Gasteiger partial charge in [-0.3, -0.25) is 9.59 Å². The monoisotopic (exact) mass is 354 g/mol. The molecular weight excluding hydrogens is 331 g/mol. The van der Waals surface area contributed by atoms with Gasteiger partial charge < -0.3 is 16.6 Å². The maximum atomic E-state index is 13.3. The summed E-state index contributed by atoms with van der Waals surface area (Å²) in [4.78, 5) is 21.0. The summed E-state index contributed by atoms with van der Waals surface area (Å²) in [7, 11) is 0. The highest BCUT2D eigenvalue weighted by Crippen LogP contribution is 2.28. The van der Waals surface area contributed by atoms with Crippen LogP contribution in [-0.4, -0.2) is 22.7 Å². The average Bonchev–Trinajstić information content (AvgIpc) is 2.39. The fraction of sp³-hybridized carbons (Fsp3) is 0.412. The first-order chi connectivity index (χ1) is 11.0. The predicted octanol–water partition coefficient (Wildman–Crippen LogP) is 2.86. The third-order valence-electron chi connectivity index (χ3n) is 2.53. The van der Waals surface area contributed by atoms with Crippen LogP contribution in [0.3, 0.4) is 0 Å². The Morgan fingerprint density at radius 3 is 2.33 bits per heavy atom. The molecule has 0 aromatic heterocycles. The molecule has 1 aromatic carbocycles. The molecule has 0 aliphatic carbocycles. The van der Waals surface area contributed by atoms with Crippen LogP contribution in [0.15, 0.2) is 17.0 Å². The van der Waals surface area contributed by atoms with Crippen molar-refractivity contribution in [1.29, 1.82) is 0 Å². The van der Waals surface area contributed by atoms with Gasteiger partial charge in [-0.25, -0.2) is 4.39 Å². The molecule has 5 N–H and O–H groups in total. The van der Waals surface area contributed by atoms with Crippen LogP contribution < -0.4 is 11.5 Å². The van der Waals surface area contributed by atoms with E-state index in [4.69, 9.17) is 23.0 Å². The molecule has 132 valence electrons. The van der Waals surface area contributed by atoms with Crippen molar-refractivity contribution in [2.75, 3.05) is 11.5 Å². The van der Waals surface area contributed by atoms with Gasteiger partial charge in [0.1, 0.15) is 5.82 Å². The van der Waals surface area contributed by atoms with Crippen LogP contribution in [0.5, 0.6) is 0 Å². The summed E-state index contributed by atoms with van der Waals surface area (Å²) in [6, 6.07) is 2.61. The minimum atomic E-state index is -0.896. The quantitative estimate of drug-likeness (QED) is 0.428. The van der Waals surface area contributed by atoms with Gasteiger partial charge in [0.15, 0.2) is 0 Å². The minimum absolute atomic E-state index is 0.00260. The Morgan fingerprint density at radius 1 is 1.38 bits per heavy atom. The van der Waals surface area contributed by atoms with Crippen molar-refractivity contribution < 1.29 is 19.1 Å². The smallest absolute Gasteiger partial charge is 0.304 e. The van der Waals surface area contributed by atoms with Gasteiger partial charge in [0, 0.05) is 22.8 Å². The molecule has 0 aliphatic rings. The van der Waals surface area contributed by atoms with E-state index in [0.717, 1.165) is 0 Å². The molecule has 1 rings (SSSR count). The number of carboxylic acids is 1. The molecule has 0 bridgehead atoms. The summed E-state index contributed by atoms with van der Waals surface area (Å²) in [6.07, 6.45) is 5.55. The first kappa shape index (κ1) is 21.8. The molecule has 1 aromatic rings. The van der Waals surface area contributed by atoms with Crippen molar-refractivity contribution >= 4 is 29.3 Å². The van der Waals surface area contributed by atoms with Crippen LogP contribution in [0, 0.1) is 23.6 Å². The number of halogens is 1. The Morgan fingerprint density at radius 2 is 1.96 bits per heavy atom. The summed E-state index contributed by atoms with van der Waals surface area (Å²) in [5, 5.41) is 8.45. The molecule has 0 spiro atoms. The number of terminal acetylenes is 1. The molecule has 24 heavy (non-hydrogen) atoms. The van der Waals surface area contributed by atoms with Gasteiger partial charge in [-0.05, 0) is 17.5 Å². The Hall–Kier alpha value is -2.20. The summed E-state index contributed by atoms with van der Waals surface area (Å²) >= 11 is 1.19. The normalized spacial score (nSPS) is 10.3. The van der Waals surface area contributed by atoms with E-state index in [2.05, 4.69) is 5.92 Å². The number of thioether (sulfide) groups is 1. The maximum Gasteiger partial charge on any atom is 0.304 e. The second kappa shape index (κ2) is 9.83. The van der Waals surface area contributed by atoms with Crippen molar-refractivity contribution in [3.63, 3.8) is 0 Å². The van der Waals surface area contributed by atoms with Crippen LogP contribution in [0.2, 0.25) is 0 Å². The molecule has 0 radical (unpaired) electrons. The van der Waals surface area contributed by atoms with Crippen molar-refractivity contribution in [3.05, 3.63) is 23.5 Å². The van der Waals surface area contributed by atoms with Gasteiger partial charge in [-0.1, -0.05) is 26.7 Å². The average molecular weight is 354 g/mol. The number of carbonyl (C=O) groups excluding carboxylic acids is 1. The van der Waals surface area contributed by atoms with Crippen molar-refractivity contribution in [2.24, 2.45) is 11.1 Å². The Balaban J connectivity index is 0.000000561. The third-order valence-corrected chi connectivity index (χ3v) is 3.61. The highest BCUT2D eigenvalue weighted by Gasteiger charge is 2.12. The first-order valence-corrected chi connectivity index (χ1v) is 8.13. The summed E-state index contributed by atoms with van der Waals surface area (Å²) in [5.74, 6) is 0.881. The van der Waals surface area contributed by atoms with E-state index in [1.54, 1.807) is 0 Å². The Labute approximate surface area is 146 Å². The molecule has 0 heterocycles. The molecular formula is C17H23FN2O3S. The highest BCUT2D eigenvalue weighted by atomic mass is 32.2. The summed E-state index contributed by atoms with van der Waals surface area (Å²) in [6.45, 7) is 5.95. The lowest BCUT2D eigenvalue weighted by Gasteiger charge is -2.13. The first-order valence-electron chi connectivity index (χ1n) is 7.15. The number of rotatable bonds is 5. The van der Waals surface area contributed by atoms with Gasteiger partial charge in [-0.2, -0.15) is 0 Å². The zero-order valence-electron chi connectivity index (χ0n) is 14.1. The highest BCUT2D eigenvalue weighted by molar-refractivity contribution is 7.99. The molecule has 0 saturated carbocycles. The largest absolute Gasteiger partial charge is 0.481 e. The van der Waals surface area contributed by atoms with E-state index in [1.165, 1.54) is 23.9 Å². The Bertz CT molecular complexity index is 634. The maximum absolute atomic E-state index is 13.3. The number of hydrogen-bond acceptors (Lipinski definition) is 4. The predicted molar refractivity (Wildman–Crippen MR) is 95.0 cm³/mol. The second-order valence-electron chi connectivity index (χ2n) is 6.21. The lowest BCUT2D eigenvalue weighted by molar-refractivity contribution is -0.136. The van der Waals surface area contributed by atoms with E-state index < -0.39 is 11.8 Å². The minimum Gasteiger partial charge on any atom is -0.481 e. The summed E-state index contributed by atoms with van der Waals surface area (Å²) in [5.41, 5.74) is 11.1. The van der Waals surface area contributed by atoms with Crippen LogP contribution in [0.4, 0.5) is 10.1 Å². The molecule has 0 aliphatic heterocycles. The van der Waals surface area contributed by atoms with Gasteiger partial charge >= 0.3 is 5.97 Å². The molecule has 0 atom stereocenters. The zero-order valence-corrected chi connectivity index (χ0v) is 14.9. The number of amides is 1. The Kier molecular flexibility index (Phi) is 8.93. The van der Waals surface area contributed by atoms with Crippen LogP contribution in [0.1, 0.15) is 39.2 Å². The molecule has 0 saturated heterocycles. The molecule has 0 unspecified atom stereocenters. The second-order valence-corrected chi connectivity index (χ2v) is 7.35. The van der Waals surface area contributed by atoms with E-state index in [-0.39, 0.29) is 23.3 Å². The van der Waals surface area contributed by atoms with Gasteiger partial charge in [-0.15, -0.1) is 18.2 Å². The van der Waals surface area contributed by atoms with Crippen molar-refractivity contribution in [3.8, 4) is 12.3 Å². The lowest BCUT2D eigenvalue weighted by atomic mass is 9.92. The van der Waals surface area contributed by atoms with Gasteiger partial charge in [0.05, 0.1) is 12.0 Å². The van der Waals surface area contributed by atoms with Crippen LogP contribution in [0.25, 0.3) is 0 Å². The molecule has 1 amide bonds. The summed E-state index contributed by atoms with van der Waals surface area (Å²) < 4.78 is 13.3. The standard InChI is InChI=1S/C11H10FNO2S.C6H13NO/c1-2-7-5-9(13)10(6-8(7)12)16-4-3-11(14)15;1-6(2,3)4-5(7)8/h1,5-6H,3-4,13H2,(H,14,15);4H2,1-3H3,(H2,7,8). The van der Waals surface area contributed by atoms with E-state index in [9.17, 15) is 14.0 Å². The zero-order chi connectivity index (χ0) is 18.9. The number of nitrogens with two attached hydrogens (primary N) is 2.